The summed E-state index contributed by atoms with van der Waals surface area (Å²) >= 11 is 5.52. The van der Waals surface area contributed by atoms with E-state index in [2.05, 4.69) is 43.8 Å². The molecule has 2 aromatic rings. The molecule has 7 heteroatoms. The zero-order chi connectivity index (χ0) is 19.8. The topological polar surface area (TPSA) is 71.3 Å². The summed E-state index contributed by atoms with van der Waals surface area (Å²) in [5.41, 5.74) is 1.28. The molecule has 0 aliphatic heterocycles. The van der Waals surface area contributed by atoms with Crippen LogP contribution in [0.3, 0.4) is 0 Å². The average molecular weight is 541 g/mol. The van der Waals surface area contributed by atoms with Crippen LogP contribution in [0.1, 0.15) is 19.4 Å². The van der Waals surface area contributed by atoms with Crippen LogP contribution < -0.4 is 14.8 Å². The van der Waals surface area contributed by atoms with Crippen LogP contribution in [0.2, 0.25) is 0 Å². The van der Waals surface area contributed by atoms with Crippen LogP contribution in [0.15, 0.2) is 46.4 Å². The van der Waals surface area contributed by atoms with E-state index in [0.717, 1.165) is 8.04 Å². The van der Waals surface area contributed by atoms with Gasteiger partial charge in [-0.05, 0) is 88.3 Å². The summed E-state index contributed by atoms with van der Waals surface area (Å²) in [7, 11) is 0. The van der Waals surface area contributed by atoms with E-state index < -0.39 is 5.91 Å². The number of carbonyl (C=O) groups is 1. The number of anilines is 1. The van der Waals surface area contributed by atoms with Gasteiger partial charge in [0.2, 0.25) is 0 Å². The monoisotopic (exact) mass is 540 g/mol. The van der Waals surface area contributed by atoms with Gasteiger partial charge in [0.15, 0.2) is 11.5 Å². The maximum Gasteiger partial charge on any atom is 0.266 e. The van der Waals surface area contributed by atoms with E-state index in [-0.39, 0.29) is 5.57 Å². The molecule has 0 saturated heterocycles. The highest BCUT2D eigenvalue weighted by molar-refractivity contribution is 14.1. The zero-order valence-corrected chi connectivity index (χ0v) is 18.6. The smallest absolute Gasteiger partial charge is 0.266 e. The number of carbonyl (C=O) groups excluding carboxylic acids is 1. The van der Waals surface area contributed by atoms with Crippen LogP contribution >= 0.6 is 38.5 Å². The lowest BCUT2D eigenvalue weighted by Gasteiger charge is -2.13. The summed E-state index contributed by atoms with van der Waals surface area (Å²) in [6.45, 7) is 4.79. The van der Waals surface area contributed by atoms with Gasteiger partial charge in [-0.2, -0.15) is 5.26 Å². The summed E-state index contributed by atoms with van der Waals surface area (Å²) in [6, 6.07) is 12.8. The van der Waals surface area contributed by atoms with Gasteiger partial charge in [-0.25, -0.2) is 0 Å². The number of nitrogens with zero attached hydrogens (tertiary/aromatic N) is 1. The van der Waals surface area contributed by atoms with Crippen LogP contribution in [0.25, 0.3) is 6.08 Å². The molecule has 0 spiro atoms. The van der Waals surface area contributed by atoms with E-state index in [9.17, 15) is 10.1 Å². The third-order valence-corrected chi connectivity index (χ3v) is 4.91. The molecular weight excluding hydrogens is 523 g/mol. The number of para-hydroxylation sites is 1. The van der Waals surface area contributed by atoms with Gasteiger partial charge >= 0.3 is 0 Å². The van der Waals surface area contributed by atoms with Gasteiger partial charge in [0.25, 0.3) is 5.91 Å². The molecule has 5 nitrogen and oxygen atoms in total. The lowest BCUT2D eigenvalue weighted by Crippen LogP contribution is -2.13. The van der Waals surface area contributed by atoms with Crippen LogP contribution in [0, 0.1) is 14.9 Å². The molecule has 1 amide bonds. The van der Waals surface area contributed by atoms with Crippen molar-refractivity contribution in [1.82, 2.24) is 0 Å². The third kappa shape index (κ3) is 5.71. The number of nitriles is 1. The molecule has 2 rings (SSSR count). The Morgan fingerprint density at radius 3 is 2.59 bits per heavy atom. The van der Waals surface area contributed by atoms with Crippen molar-refractivity contribution < 1.29 is 14.3 Å². The van der Waals surface area contributed by atoms with Crippen molar-refractivity contribution in [2.24, 2.45) is 0 Å². The highest BCUT2D eigenvalue weighted by Crippen LogP contribution is 2.35. The third-order valence-electron chi connectivity index (χ3n) is 3.42. The Morgan fingerprint density at radius 2 is 1.96 bits per heavy atom. The molecule has 0 saturated carbocycles. The predicted molar refractivity (Wildman–Crippen MR) is 118 cm³/mol. The molecule has 1 N–H and O–H groups in total. The first-order valence-corrected chi connectivity index (χ1v) is 10.1. The largest absolute Gasteiger partial charge is 0.490 e. The molecule has 0 aliphatic rings. The maximum atomic E-state index is 12.5. The number of halogens is 2. The van der Waals surface area contributed by atoms with Crippen LogP contribution in [0.5, 0.6) is 11.5 Å². The fraction of sp³-hybridized carbons (Fsp3) is 0.200. The van der Waals surface area contributed by atoms with Gasteiger partial charge in [-0.3, -0.25) is 4.79 Å². The lowest BCUT2D eigenvalue weighted by molar-refractivity contribution is -0.112. The minimum Gasteiger partial charge on any atom is -0.490 e. The second-order valence-electron chi connectivity index (χ2n) is 5.30. The van der Waals surface area contributed by atoms with Gasteiger partial charge < -0.3 is 14.8 Å². The minimum atomic E-state index is -0.480. The summed E-state index contributed by atoms with van der Waals surface area (Å²) in [5.74, 6) is 0.764. The van der Waals surface area contributed by atoms with E-state index in [1.165, 1.54) is 6.08 Å². The normalized spacial score (nSPS) is 10.9. The Bertz CT molecular complexity index is 907. The predicted octanol–water partition coefficient (Wildman–Crippen LogP) is 5.40. The first-order valence-electron chi connectivity index (χ1n) is 8.26. The molecule has 27 heavy (non-hydrogen) atoms. The van der Waals surface area contributed by atoms with Gasteiger partial charge in [-0.15, -0.1) is 0 Å². The Hall–Kier alpha value is -2.05. The molecule has 0 radical (unpaired) electrons. The van der Waals surface area contributed by atoms with Crippen molar-refractivity contribution in [3.05, 3.63) is 55.6 Å². The Morgan fingerprint density at radius 1 is 1.26 bits per heavy atom. The number of nitrogens with one attached hydrogen (secondary N) is 1. The number of amides is 1. The molecule has 140 valence electrons. The second-order valence-corrected chi connectivity index (χ2v) is 7.32. The van der Waals surface area contributed by atoms with Gasteiger partial charge in [0.05, 0.1) is 22.5 Å². The van der Waals surface area contributed by atoms with Crippen molar-refractivity contribution in [2.45, 2.75) is 13.8 Å². The molecule has 0 atom stereocenters. The van der Waals surface area contributed by atoms with Crippen molar-refractivity contribution in [1.29, 1.82) is 5.26 Å². The van der Waals surface area contributed by atoms with Gasteiger partial charge in [0, 0.05) is 4.47 Å². The molecule has 0 unspecified atom stereocenters. The van der Waals surface area contributed by atoms with E-state index in [1.807, 2.05) is 38.1 Å². The molecule has 0 bridgehead atoms. The van der Waals surface area contributed by atoms with Crippen molar-refractivity contribution >= 4 is 56.2 Å². The quantitative estimate of drug-likeness (QED) is 0.290. The summed E-state index contributed by atoms with van der Waals surface area (Å²) in [5, 5.41) is 12.2. The second kappa shape index (κ2) is 10.3. The van der Waals surface area contributed by atoms with E-state index in [0.29, 0.717) is 36.0 Å². The highest BCUT2D eigenvalue weighted by atomic mass is 127. The molecule has 2 aromatic carbocycles. The fourth-order valence-electron chi connectivity index (χ4n) is 2.29. The summed E-state index contributed by atoms with van der Waals surface area (Å²) in [4.78, 5) is 12.5. The summed E-state index contributed by atoms with van der Waals surface area (Å²) in [6.07, 6.45) is 1.53. The Kier molecular flexibility index (Phi) is 8.13. The van der Waals surface area contributed by atoms with Crippen LogP contribution in [-0.4, -0.2) is 19.1 Å². The molecule has 0 heterocycles. The Balaban J connectivity index is 2.35. The van der Waals surface area contributed by atoms with Crippen LogP contribution in [0.4, 0.5) is 5.69 Å². The maximum absolute atomic E-state index is 12.5. The average Bonchev–Trinajstić information content (AvgIpc) is 2.64. The first-order chi connectivity index (χ1) is 13.0. The standard InChI is InChI=1S/C20H18BrIN2O3/c1-3-26-18-11-13(10-16(22)19(18)27-4-2)9-14(12-23)20(25)24-17-8-6-5-7-15(17)21/h5-11H,3-4H2,1-2H3,(H,24,25)/b14-9+. The summed E-state index contributed by atoms with van der Waals surface area (Å²) < 4.78 is 12.9. The lowest BCUT2D eigenvalue weighted by atomic mass is 10.1. The first kappa shape index (κ1) is 21.3. The molecule has 0 aliphatic carbocycles. The van der Waals surface area contributed by atoms with E-state index in [4.69, 9.17) is 9.47 Å². The molecular formula is C20H18BrIN2O3. The van der Waals surface area contributed by atoms with E-state index >= 15 is 0 Å². The van der Waals surface area contributed by atoms with E-state index in [1.54, 1.807) is 18.2 Å². The van der Waals surface area contributed by atoms with Gasteiger partial charge in [-0.1, -0.05) is 12.1 Å². The van der Waals surface area contributed by atoms with Gasteiger partial charge in [0.1, 0.15) is 11.6 Å². The van der Waals surface area contributed by atoms with Crippen LogP contribution in [-0.2, 0) is 4.79 Å². The van der Waals surface area contributed by atoms with Crippen molar-refractivity contribution in [3.8, 4) is 17.6 Å². The Labute approximate surface area is 180 Å². The minimum absolute atomic E-state index is 0.00633. The SMILES string of the molecule is CCOc1cc(/C=C(\C#N)C(=O)Nc2ccccc2Br)cc(I)c1OCC. The fourth-order valence-corrected chi connectivity index (χ4v) is 3.45. The number of rotatable bonds is 7. The molecule has 0 aromatic heterocycles. The van der Waals surface area contributed by atoms with Crippen molar-refractivity contribution in [3.63, 3.8) is 0 Å². The molecule has 0 fully saturated rings. The van der Waals surface area contributed by atoms with Crippen molar-refractivity contribution in [2.75, 3.05) is 18.5 Å². The number of benzene rings is 2. The number of hydrogen-bond acceptors (Lipinski definition) is 4. The highest BCUT2D eigenvalue weighted by Gasteiger charge is 2.14. The number of hydrogen-bond donors (Lipinski definition) is 1. The zero-order valence-electron chi connectivity index (χ0n) is 14.9. The number of ether oxygens (including phenoxy) is 2.